The summed E-state index contributed by atoms with van der Waals surface area (Å²) < 4.78 is 10.7. The summed E-state index contributed by atoms with van der Waals surface area (Å²) in [5, 5.41) is 7.05. The highest BCUT2D eigenvalue weighted by molar-refractivity contribution is 6.07. The van der Waals surface area contributed by atoms with Crippen LogP contribution in [-0.2, 0) is 11.2 Å². The molecule has 0 saturated heterocycles. The third kappa shape index (κ3) is 4.22. The fourth-order valence-corrected chi connectivity index (χ4v) is 3.02. The molecule has 2 aromatic rings. The number of hydrazone groups is 1. The molecule has 2 aromatic heterocycles. The van der Waals surface area contributed by atoms with Gasteiger partial charge in [0, 0.05) is 43.6 Å². The summed E-state index contributed by atoms with van der Waals surface area (Å²) >= 11 is 0. The van der Waals surface area contributed by atoms with Crippen molar-refractivity contribution in [3.05, 3.63) is 52.7 Å². The third-order valence-corrected chi connectivity index (χ3v) is 4.34. The first-order chi connectivity index (χ1) is 13.1. The number of hydrogen-bond donors (Lipinski definition) is 2. The molecule has 1 aliphatic rings. The second-order valence-electron chi connectivity index (χ2n) is 6.20. The molecule has 0 atom stereocenters. The van der Waals surface area contributed by atoms with Gasteiger partial charge in [0.05, 0.1) is 17.9 Å². The first-order valence-corrected chi connectivity index (χ1v) is 8.78. The Morgan fingerprint density at radius 3 is 2.93 bits per heavy atom. The van der Waals surface area contributed by atoms with Crippen molar-refractivity contribution in [1.82, 2.24) is 15.7 Å². The molecule has 8 heteroatoms. The van der Waals surface area contributed by atoms with E-state index in [1.165, 1.54) is 6.20 Å². The average molecular weight is 370 g/mol. The van der Waals surface area contributed by atoms with Crippen LogP contribution >= 0.6 is 0 Å². The zero-order valence-electron chi connectivity index (χ0n) is 15.4. The molecule has 0 fully saturated rings. The van der Waals surface area contributed by atoms with Crippen LogP contribution in [-0.4, -0.2) is 42.8 Å². The van der Waals surface area contributed by atoms with E-state index in [0.717, 1.165) is 29.7 Å². The molecule has 0 unspecified atom stereocenters. The minimum atomic E-state index is -0.332. The number of nitrogens with one attached hydrogen (secondary N) is 2. The van der Waals surface area contributed by atoms with E-state index in [4.69, 9.17) is 9.15 Å². The van der Waals surface area contributed by atoms with Gasteiger partial charge in [-0.15, -0.1) is 0 Å². The Labute approximate surface area is 157 Å². The van der Waals surface area contributed by atoms with Crippen molar-refractivity contribution in [2.24, 2.45) is 5.10 Å². The van der Waals surface area contributed by atoms with Gasteiger partial charge in [-0.3, -0.25) is 14.6 Å². The fraction of sp³-hybridized carbons (Fsp3) is 0.368. The number of fused-ring (bicyclic) bond motifs is 1. The van der Waals surface area contributed by atoms with E-state index in [9.17, 15) is 9.59 Å². The highest BCUT2D eigenvalue weighted by Crippen LogP contribution is 2.29. The van der Waals surface area contributed by atoms with Crippen LogP contribution in [0, 0.1) is 6.92 Å². The Bertz CT molecular complexity index is 858. The normalized spacial score (nSPS) is 14.7. The maximum Gasteiger partial charge on any atom is 0.287 e. The number of furan rings is 1. The van der Waals surface area contributed by atoms with Gasteiger partial charge >= 0.3 is 0 Å². The van der Waals surface area contributed by atoms with Gasteiger partial charge in [0.25, 0.3) is 11.8 Å². The van der Waals surface area contributed by atoms with Gasteiger partial charge in [-0.2, -0.15) is 5.10 Å². The molecule has 3 rings (SSSR count). The maximum absolute atomic E-state index is 12.3. The molecule has 27 heavy (non-hydrogen) atoms. The Hall–Kier alpha value is -3.00. The summed E-state index contributed by atoms with van der Waals surface area (Å²) in [4.78, 5) is 28.5. The molecular weight excluding hydrogens is 348 g/mol. The molecule has 0 aromatic carbocycles. The third-order valence-electron chi connectivity index (χ3n) is 4.34. The van der Waals surface area contributed by atoms with Crippen LogP contribution in [0.2, 0.25) is 0 Å². The van der Waals surface area contributed by atoms with Crippen LogP contribution in [0.1, 0.15) is 50.6 Å². The van der Waals surface area contributed by atoms with Crippen molar-refractivity contribution >= 4 is 17.5 Å². The van der Waals surface area contributed by atoms with Crippen LogP contribution in [0.3, 0.4) is 0 Å². The molecule has 2 amide bonds. The highest BCUT2D eigenvalue weighted by atomic mass is 16.5. The Balaban J connectivity index is 1.79. The number of aryl methyl sites for hydroxylation is 1. The Kier molecular flexibility index (Phi) is 5.97. The van der Waals surface area contributed by atoms with Gasteiger partial charge in [0.15, 0.2) is 5.76 Å². The molecule has 1 aliphatic carbocycles. The van der Waals surface area contributed by atoms with Gasteiger partial charge < -0.3 is 14.5 Å². The molecule has 8 nitrogen and oxygen atoms in total. The number of amides is 2. The number of aromatic nitrogens is 1. The first-order valence-electron chi connectivity index (χ1n) is 8.78. The molecular formula is C19H22N4O4. The minimum absolute atomic E-state index is 0.280. The smallest absolute Gasteiger partial charge is 0.287 e. The van der Waals surface area contributed by atoms with Gasteiger partial charge in [0.1, 0.15) is 5.76 Å². The van der Waals surface area contributed by atoms with E-state index in [0.29, 0.717) is 30.8 Å². The quantitative estimate of drug-likeness (QED) is 0.596. The topological polar surface area (TPSA) is 106 Å². The number of rotatable bonds is 6. The lowest BCUT2D eigenvalue weighted by Crippen LogP contribution is -2.27. The largest absolute Gasteiger partial charge is 0.455 e. The molecule has 142 valence electrons. The maximum atomic E-state index is 12.3. The molecule has 0 aliphatic heterocycles. The van der Waals surface area contributed by atoms with Crippen molar-refractivity contribution in [3.63, 3.8) is 0 Å². The van der Waals surface area contributed by atoms with Gasteiger partial charge in [-0.25, -0.2) is 5.43 Å². The highest BCUT2D eigenvalue weighted by Gasteiger charge is 2.28. The Morgan fingerprint density at radius 2 is 2.19 bits per heavy atom. The van der Waals surface area contributed by atoms with Gasteiger partial charge in [-0.1, -0.05) is 0 Å². The monoisotopic (exact) mass is 370 g/mol. The van der Waals surface area contributed by atoms with Gasteiger partial charge in [0.2, 0.25) is 0 Å². The molecule has 0 radical (unpaired) electrons. The van der Waals surface area contributed by atoms with Crippen LogP contribution < -0.4 is 10.7 Å². The number of hydrogen-bond acceptors (Lipinski definition) is 6. The molecule has 2 N–H and O–H groups in total. The first kappa shape index (κ1) is 18.8. The van der Waals surface area contributed by atoms with Crippen LogP contribution in [0.15, 0.2) is 34.0 Å². The van der Waals surface area contributed by atoms with E-state index >= 15 is 0 Å². The van der Waals surface area contributed by atoms with Crippen molar-refractivity contribution in [2.75, 3.05) is 20.3 Å². The number of carbonyl (C=O) groups is 2. The van der Waals surface area contributed by atoms with Gasteiger partial charge in [-0.05, 0) is 31.9 Å². The lowest BCUT2D eigenvalue weighted by Gasteiger charge is -2.13. The molecule has 2 heterocycles. The molecule has 0 bridgehead atoms. The number of pyridine rings is 1. The van der Waals surface area contributed by atoms with Crippen molar-refractivity contribution in [2.45, 2.75) is 26.2 Å². The summed E-state index contributed by atoms with van der Waals surface area (Å²) in [5.74, 6) is 0.397. The zero-order valence-corrected chi connectivity index (χ0v) is 15.4. The fourth-order valence-electron chi connectivity index (χ4n) is 3.02. The predicted molar refractivity (Wildman–Crippen MR) is 98.8 cm³/mol. The SMILES string of the molecule is COCCNC(=O)c1oc2c(c1C)/C(=N/NC(=O)c1cccnc1)CCC2. The number of nitrogens with zero attached hydrogens (tertiary/aromatic N) is 2. The summed E-state index contributed by atoms with van der Waals surface area (Å²) in [6.07, 6.45) is 5.35. The zero-order chi connectivity index (χ0) is 19.2. The van der Waals surface area contributed by atoms with E-state index in [1.807, 2.05) is 6.92 Å². The summed E-state index contributed by atoms with van der Waals surface area (Å²) in [5.41, 5.74) is 5.25. The van der Waals surface area contributed by atoms with Crippen LogP contribution in [0.4, 0.5) is 0 Å². The minimum Gasteiger partial charge on any atom is -0.455 e. The second kappa shape index (κ2) is 8.59. The van der Waals surface area contributed by atoms with Crippen molar-refractivity contribution in [1.29, 1.82) is 0 Å². The van der Waals surface area contributed by atoms with E-state index in [2.05, 4.69) is 20.8 Å². The van der Waals surface area contributed by atoms with Crippen LogP contribution in [0.25, 0.3) is 0 Å². The second-order valence-corrected chi connectivity index (χ2v) is 6.20. The Morgan fingerprint density at radius 1 is 1.33 bits per heavy atom. The van der Waals surface area contributed by atoms with Crippen molar-refractivity contribution < 1.29 is 18.7 Å². The summed E-state index contributed by atoms with van der Waals surface area (Å²) in [6, 6.07) is 3.36. The average Bonchev–Trinajstić information content (AvgIpc) is 3.04. The number of carbonyl (C=O) groups excluding carboxylic acids is 2. The van der Waals surface area contributed by atoms with E-state index in [-0.39, 0.29) is 17.6 Å². The number of methoxy groups -OCH3 is 1. The predicted octanol–water partition coefficient (Wildman–Crippen LogP) is 1.83. The summed E-state index contributed by atoms with van der Waals surface area (Å²) in [7, 11) is 1.57. The molecule has 0 saturated carbocycles. The van der Waals surface area contributed by atoms with Crippen LogP contribution in [0.5, 0.6) is 0 Å². The molecule has 0 spiro atoms. The standard InChI is InChI=1S/C19H22N4O4/c1-12-16-14(22-23-18(24)13-5-4-8-20-11-13)6-3-7-15(16)27-17(12)19(25)21-9-10-26-2/h4-5,8,11H,3,6-7,9-10H2,1-2H3,(H,21,25)(H,23,24)/b22-14+. The van der Waals surface area contributed by atoms with E-state index < -0.39 is 0 Å². The lowest BCUT2D eigenvalue weighted by atomic mass is 9.93. The van der Waals surface area contributed by atoms with Crippen molar-refractivity contribution in [3.8, 4) is 0 Å². The number of ether oxygens (including phenoxy) is 1. The summed E-state index contributed by atoms with van der Waals surface area (Å²) in [6.45, 7) is 2.66. The lowest BCUT2D eigenvalue weighted by molar-refractivity contribution is 0.0906. The van der Waals surface area contributed by atoms with E-state index in [1.54, 1.807) is 25.4 Å².